The summed E-state index contributed by atoms with van der Waals surface area (Å²) in [6.07, 6.45) is 0. The normalized spacial score (nSPS) is 11.8. The Kier molecular flexibility index (Phi) is 7.37. The molecule has 0 saturated carbocycles. The molecule has 58 heavy (non-hydrogen) atoms. The van der Waals surface area contributed by atoms with Crippen LogP contribution in [0.1, 0.15) is 0 Å². The molecule has 4 nitrogen and oxygen atoms in total. The van der Waals surface area contributed by atoms with Gasteiger partial charge in [-0.05, 0) is 88.6 Å². The first-order chi connectivity index (χ1) is 28.7. The molecular formula is C53H32N2O2S. The second-order valence-corrected chi connectivity index (χ2v) is 15.7. The predicted molar refractivity (Wildman–Crippen MR) is 243 cm³/mol. The van der Waals surface area contributed by atoms with Crippen molar-refractivity contribution in [3.8, 4) is 33.7 Å². The Balaban J connectivity index is 1.12. The number of rotatable bonds is 6. The molecule has 5 heteroatoms. The van der Waals surface area contributed by atoms with Gasteiger partial charge in [0.05, 0.1) is 11.1 Å². The van der Waals surface area contributed by atoms with Gasteiger partial charge in [-0.3, -0.25) is 0 Å². The SMILES string of the molecule is c1ccc(-c2ccc(N(c3ccc4c(c3)sc3ccccc34)c3cccc4oc5c(-c6cccc7oc(-c8ccccc8)nc67)cc6ccccc6c5c34)cc2)cc1. The molecule has 0 N–H and O–H groups in total. The van der Waals surface area contributed by atoms with Gasteiger partial charge < -0.3 is 13.7 Å². The molecule has 9 aromatic carbocycles. The summed E-state index contributed by atoms with van der Waals surface area (Å²) in [7, 11) is 0. The Morgan fingerprint density at radius 1 is 0.431 bits per heavy atom. The summed E-state index contributed by atoms with van der Waals surface area (Å²) in [6, 6.07) is 68.5. The van der Waals surface area contributed by atoms with Crippen LogP contribution in [0.15, 0.2) is 203 Å². The number of furan rings is 1. The average Bonchev–Trinajstić information content (AvgIpc) is 4.01. The maximum Gasteiger partial charge on any atom is 0.227 e. The molecule has 0 aliphatic heterocycles. The molecule has 0 amide bonds. The van der Waals surface area contributed by atoms with Gasteiger partial charge in [-0.2, -0.15) is 0 Å². The Hall–Kier alpha value is -7.47. The zero-order valence-corrected chi connectivity index (χ0v) is 31.9. The number of oxazole rings is 1. The van der Waals surface area contributed by atoms with Crippen molar-refractivity contribution in [2.75, 3.05) is 4.90 Å². The van der Waals surface area contributed by atoms with Crippen molar-refractivity contribution in [3.05, 3.63) is 194 Å². The minimum absolute atomic E-state index is 0.594. The zero-order valence-electron chi connectivity index (χ0n) is 31.1. The lowest BCUT2D eigenvalue weighted by Crippen LogP contribution is -2.10. The minimum atomic E-state index is 0.594. The Morgan fingerprint density at radius 2 is 1.10 bits per heavy atom. The summed E-state index contributed by atoms with van der Waals surface area (Å²) >= 11 is 1.83. The van der Waals surface area contributed by atoms with Gasteiger partial charge >= 0.3 is 0 Å². The predicted octanol–water partition coefficient (Wildman–Crippen LogP) is 15.7. The van der Waals surface area contributed by atoms with Crippen LogP contribution in [0.25, 0.3) is 97.7 Å². The van der Waals surface area contributed by atoms with E-state index in [0.29, 0.717) is 5.89 Å². The van der Waals surface area contributed by atoms with Crippen LogP contribution >= 0.6 is 11.3 Å². The number of aromatic nitrogens is 1. The van der Waals surface area contributed by atoms with Crippen molar-refractivity contribution in [1.82, 2.24) is 4.98 Å². The van der Waals surface area contributed by atoms with Crippen LogP contribution in [-0.4, -0.2) is 4.98 Å². The van der Waals surface area contributed by atoms with E-state index in [0.717, 1.165) is 77.6 Å². The standard InChI is InChI=1S/C53H32N2O2S/c1-3-13-33(14-4-1)34-25-27-37(28-26-34)55(38-29-30-41-40-19-9-10-24-47(40)58-48(41)32-38)44-21-12-22-45-50(44)49-39-18-8-7-17-36(39)31-43(52(49)56-45)42-20-11-23-46-51(42)54-53(57-46)35-15-5-2-6-16-35/h1-32H. The Morgan fingerprint density at radius 3 is 1.95 bits per heavy atom. The molecule has 272 valence electrons. The van der Waals surface area contributed by atoms with Gasteiger partial charge in [-0.25, -0.2) is 4.98 Å². The fourth-order valence-corrected chi connectivity index (χ4v) is 9.76. The van der Waals surface area contributed by atoms with Gasteiger partial charge in [0.25, 0.3) is 0 Å². The molecule has 3 aromatic heterocycles. The van der Waals surface area contributed by atoms with Gasteiger partial charge in [0.1, 0.15) is 16.7 Å². The van der Waals surface area contributed by atoms with Crippen LogP contribution in [0.2, 0.25) is 0 Å². The maximum absolute atomic E-state index is 7.05. The highest BCUT2D eigenvalue weighted by Crippen LogP contribution is 2.49. The number of hydrogen-bond acceptors (Lipinski definition) is 5. The van der Waals surface area contributed by atoms with E-state index >= 15 is 0 Å². The lowest BCUT2D eigenvalue weighted by Gasteiger charge is -2.26. The number of thiophene rings is 1. The van der Waals surface area contributed by atoms with E-state index in [1.54, 1.807) is 0 Å². The number of nitrogens with zero attached hydrogens (tertiary/aromatic N) is 2. The fourth-order valence-electron chi connectivity index (χ4n) is 8.62. The average molecular weight is 761 g/mol. The third kappa shape index (κ3) is 5.18. The highest BCUT2D eigenvalue weighted by Gasteiger charge is 2.25. The third-order valence-electron chi connectivity index (χ3n) is 11.3. The van der Waals surface area contributed by atoms with E-state index < -0.39 is 0 Å². The lowest BCUT2D eigenvalue weighted by molar-refractivity contribution is 0.620. The zero-order chi connectivity index (χ0) is 38.2. The van der Waals surface area contributed by atoms with Crippen LogP contribution in [0.3, 0.4) is 0 Å². The molecule has 0 saturated heterocycles. The maximum atomic E-state index is 7.05. The molecule has 0 unspecified atom stereocenters. The first kappa shape index (κ1) is 32.7. The molecule has 0 aliphatic rings. The molecule has 0 spiro atoms. The topological polar surface area (TPSA) is 42.4 Å². The first-order valence-corrected chi connectivity index (χ1v) is 20.3. The van der Waals surface area contributed by atoms with Crippen LogP contribution < -0.4 is 4.90 Å². The van der Waals surface area contributed by atoms with E-state index in [9.17, 15) is 0 Å². The van der Waals surface area contributed by atoms with Gasteiger partial charge in [-0.1, -0.05) is 127 Å². The molecular weight excluding hydrogens is 729 g/mol. The summed E-state index contributed by atoms with van der Waals surface area (Å²) in [5, 5.41) is 6.92. The highest BCUT2D eigenvalue weighted by atomic mass is 32.1. The van der Waals surface area contributed by atoms with Gasteiger partial charge in [-0.15, -0.1) is 11.3 Å². The second kappa shape index (κ2) is 13.1. The monoisotopic (exact) mass is 760 g/mol. The summed E-state index contributed by atoms with van der Waals surface area (Å²) < 4.78 is 15.9. The number of hydrogen-bond donors (Lipinski definition) is 0. The van der Waals surface area contributed by atoms with Crippen molar-refractivity contribution in [2.45, 2.75) is 0 Å². The van der Waals surface area contributed by atoms with E-state index in [4.69, 9.17) is 13.8 Å². The van der Waals surface area contributed by atoms with Gasteiger partial charge in [0.15, 0.2) is 5.58 Å². The quantitative estimate of drug-likeness (QED) is 0.169. The number of benzene rings is 9. The van der Waals surface area contributed by atoms with E-state index in [1.165, 1.54) is 31.3 Å². The summed E-state index contributed by atoms with van der Waals surface area (Å²) in [6.45, 7) is 0. The number of fused-ring (bicyclic) bond motifs is 9. The van der Waals surface area contributed by atoms with Crippen LogP contribution in [0.4, 0.5) is 17.1 Å². The van der Waals surface area contributed by atoms with E-state index in [2.05, 4.69) is 157 Å². The Labute approximate surface area is 337 Å². The highest BCUT2D eigenvalue weighted by molar-refractivity contribution is 7.25. The van der Waals surface area contributed by atoms with Crippen molar-refractivity contribution in [1.29, 1.82) is 0 Å². The summed E-state index contributed by atoms with van der Waals surface area (Å²) in [5.74, 6) is 0.594. The molecule has 12 rings (SSSR count). The van der Waals surface area contributed by atoms with Crippen molar-refractivity contribution < 1.29 is 8.83 Å². The van der Waals surface area contributed by atoms with Crippen LogP contribution in [0.5, 0.6) is 0 Å². The number of para-hydroxylation sites is 1. The molecule has 0 atom stereocenters. The summed E-state index contributed by atoms with van der Waals surface area (Å²) in [5.41, 5.74) is 11.6. The first-order valence-electron chi connectivity index (χ1n) is 19.4. The molecule has 0 fully saturated rings. The fraction of sp³-hybridized carbons (Fsp3) is 0. The van der Waals surface area contributed by atoms with Crippen molar-refractivity contribution in [3.63, 3.8) is 0 Å². The van der Waals surface area contributed by atoms with E-state index in [1.807, 2.05) is 53.8 Å². The third-order valence-corrected chi connectivity index (χ3v) is 12.4. The minimum Gasteiger partial charge on any atom is -0.455 e. The molecule has 0 bridgehead atoms. The molecule has 12 aromatic rings. The van der Waals surface area contributed by atoms with Crippen LogP contribution in [-0.2, 0) is 0 Å². The van der Waals surface area contributed by atoms with E-state index in [-0.39, 0.29) is 0 Å². The Bertz CT molecular complexity index is 3510. The second-order valence-electron chi connectivity index (χ2n) is 14.7. The largest absolute Gasteiger partial charge is 0.455 e. The number of anilines is 3. The van der Waals surface area contributed by atoms with Gasteiger partial charge in [0, 0.05) is 53.6 Å². The smallest absolute Gasteiger partial charge is 0.227 e. The van der Waals surface area contributed by atoms with Crippen LogP contribution in [0, 0.1) is 0 Å². The molecule has 0 aliphatic carbocycles. The summed E-state index contributed by atoms with van der Waals surface area (Å²) in [4.78, 5) is 7.47. The van der Waals surface area contributed by atoms with Crippen molar-refractivity contribution in [2.24, 2.45) is 0 Å². The lowest BCUT2D eigenvalue weighted by atomic mass is 9.95. The van der Waals surface area contributed by atoms with Gasteiger partial charge in [0.2, 0.25) is 5.89 Å². The van der Waals surface area contributed by atoms with Crippen molar-refractivity contribution >= 4 is 92.4 Å². The molecule has 3 heterocycles. The molecule has 0 radical (unpaired) electrons.